The van der Waals surface area contributed by atoms with E-state index >= 15 is 0 Å². The quantitative estimate of drug-likeness (QED) is 0.652. The van der Waals surface area contributed by atoms with Crippen LogP contribution in [0.5, 0.6) is 5.75 Å². The van der Waals surface area contributed by atoms with Gasteiger partial charge >= 0.3 is 0 Å². The number of furan rings is 1. The fourth-order valence-electron chi connectivity index (χ4n) is 2.59. The van der Waals surface area contributed by atoms with Crippen molar-refractivity contribution < 1.29 is 13.9 Å². The van der Waals surface area contributed by atoms with Crippen molar-refractivity contribution >= 4 is 17.4 Å². The molecule has 0 aliphatic carbocycles. The normalized spacial score (nSPS) is 10.8. The summed E-state index contributed by atoms with van der Waals surface area (Å²) in [6.45, 7) is 6.05. The standard InChI is InChI=1S/C18H19N3O3/c1-4-11-23-14-8-6-10-21-16(14)19-13(5-2)17(21)20(3)18(22)15-9-7-12-24-15/h4,6-10,12H,1,5,11H2,2-3H3. The van der Waals surface area contributed by atoms with Gasteiger partial charge in [-0.1, -0.05) is 19.6 Å². The molecule has 3 rings (SSSR count). The van der Waals surface area contributed by atoms with Crippen LogP contribution < -0.4 is 9.64 Å². The maximum absolute atomic E-state index is 12.6. The van der Waals surface area contributed by atoms with Gasteiger partial charge in [-0.2, -0.15) is 0 Å². The summed E-state index contributed by atoms with van der Waals surface area (Å²) in [4.78, 5) is 18.8. The van der Waals surface area contributed by atoms with Crippen LogP contribution in [0, 0.1) is 0 Å². The van der Waals surface area contributed by atoms with Crippen LogP contribution >= 0.6 is 0 Å². The first-order chi connectivity index (χ1) is 11.7. The SMILES string of the molecule is C=CCOc1cccn2c(N(C)C(=O)c3ccco3)c(CC)nc12. The highest BCUT2D eigenvalue weighted by molar-refractivity contribution is 6.03. The molecule has 3 heterocycles. The van der Waals surface area contributed by atoms with E-state index in [1.165, 1.54) is 6.26 Å². The summed E-state index contributed by atoms with van der Waals surface area (Å²) in [7, 11) is 1.71. The van der Waals surface area contributed by atoms with E-state index in [9.17, 15) is 4.79 Å². The third kappa shape index (κ3) is 2.67. The lowest BCUT2D eigenvalue weighted by Crippen LogP contribution is -2.28. The number of imidazole rings is 1. The number of hydrogen-bond acceptors (Lipinski definition) is 4. The molecule has 0 N–H and O–H groups in total. The first kappa shape index (κ1) is 15.9. The second-order valence-corrected chi connectivity index (χ2v) is 5.24. The van der Waals surface area contributed by atoms with Crippen molar-refractivity contribution in [3.05, 3.63) is 60.8 Å². The molecule has 0 radical (unpaired) electrons. The van der Waals surface area contributed by atoms with Crippen LogP contribution in [-0.4, -0.2) is 28.9 Å². The molecule has 24 heavy (non-hydrogen) atoms. The number of carbonyl (C=O) groups is 1. The highest BCUT2D eigenvalue weighted by Crippen LogP contribution is 2.28. The molecule has 6 heteroatoms. The molecule has 124 valence electrons. The molecule has 0 unspecified atom stereocenters. The van der Waals surface area contributed by atoms with E-state index < -0.39 is 0 Å². The molecule has 0 spiro atoms. The van der Waals surface area contributed by atoms with Crippen LogP contribution in [0.1, 0.15) is 23.2 Å². The molecule has 0 saturated carbocycles. The number of carbonyl (C=O) groups excluding carboxylic acids is 1. The molecule has 3 aromatic heterocycles. The molecule has 0 aromatic carbocycles. The van der Waals surface area contributed by atoms with E-state index in [-0.39, 0.29) is 11.7 Å². The largest absolute Gasteiger partial charge is 0.486 e. The fourth-order valence-corrected chi connectivity index (χ4v) is 2.59. The van der Waals surface area contributed by atoms with Gasteiger partial charge in [0.15, 0.2) is 17.2 Å². The van der Waals surface area contributed by atoms with Gasteiger partial charge in [-0.3, -0.25) is 14.1 Å². The molecule has 0 saturated heterocycles. The molecule has 0 aliphatic rings. The smallest absolute Gasteiger partial charge is 0.294 e. The second-order valence-electron chi connectivity index (χ2n) is 5.24. The zero-order valence-electron chi connectivity index (χ0n) is 13.7. The van der Waals surface area contributed by atoms with Gasteiger partial charge < -0.3 is 9.15 Å². The minimum Gasteiger partial charge on any atom is -0.486 e. The van der Waals surface area contributed by atoms with Gasteiger partial charge in [0.25, 0.3) is 5.91 Å². The number of anilines is 1. The van der Waals surface area contributed by atoms with Gasteiger partial charge in [-0.05, 0) is 30.7 Å². The first-order valence-electron chi connectivity index (χ1n) is 7.72. The Morgan fingerprint density at radius 2 is 2.29 bits per heavy atom. The van der Waals surface area contributed by atoms with Crippen molar-refractivity contribution in [2.45, 2.75) is 13.3 Å². The summed E-state index contributed by atoms with van der Waals surface area (Å²) in [6, 6.07) is 7.05. The lowest BCUT2D eigenvalue weighted by Gasteiger charge is -2.17. The number of rotatable bonds is 6. The van der Waals surface area contributed by atoms with Gasteiger partial charge in [-0.25, -0.2) is 4.98 Å². The lowest BCUT2D eigenvalue weighted by molar-refractivity contribution is 0.0965. The van der Waals surface area contributed by atoms with Gasteiger partial charge in [0.05, 0.1) is 12.0 Å². The van der Waals surface area contributed by atoms with Gasteiger partial charge in [-0.15, -0.1) is 0 Å². The average molecular weight is 325 g/mol. The number of pyridine rings is 1. The van der Waals surface area contributed by atoms with Crippen LogP contribution in [0.4, 0.5) is 5.82 Å². The van der Waals surface area contributed by atoms with Crippen LogP contribution in [0.15, 0.2) is 53.8 Å². The monoisotopic (exact) mass is 325 g/mol. The summed E-state index contributed by atoms with van der Waals surface area (Å²) in [6.07, 6.45) is 5.72. The third-order valence-corrected chi connectivity index (χ3v) is 3.70. The topological polar surface area (TPSA) is 60.0 Å². The van der Waals surface area contributed by atoms with Crippen molar-refractivity contribution in [1.82, 2.24) is 9.38 Å². The van der Waals surface area contributed by atoms with E-state index in [1.807, 2.05) is 29.7 Å². The van der Waals surface area contributed by atoms with E-state index in [0.29, 0.717) is 30.2 Å². The predicted molar refractivity (Wildman–Crippen MR) is 91.7 cm³/mol. The fraction of sp³-hybridized carbons (Fsp3) is 0.222. The van der Waals surface area contributed by atoms with Crippen LogP contribution in [0.2, 0.25) is 0 Å². The Bertz CT molecular complexity index is 865. The highest BCUT2D eigenvalue weighted by atomic mass is 16.5. The number of aryl methyl sites for hydroxylation is 1. The minimum atomic E-state index is -0.228. The van der Waals surface area contributed by atoms with Crippen LogP contribution in [-0.2, 0) is 6.42 Å². The summed E-state index contributed by atoms with van der Waals surface area (Å²) in [5.74, 6) is 1.41. The number of nitrogens with zero attached hydrogens (tertiary/aromatic N) is 3. The summed E-state index contributed by atoms with van der Waals surface area (Å²) >= 11 is 0. The molecule has 3 aromatic rings. The molecule has 0 bridgehead atoms. The Balaban J connectivity index is 2.09. The Kier molecular flexibility index (Phi) is 4.37. The lowest BCUT2D eigenvalue weighted by atomic mass is 10.3. The number of aromatic nitrogens is 2. The Morgan fingerprint density at radius 3 is 2.96 bits per heavy atom. The van der Waals surface area contributed by atoms with Crippen molar-refractivity contribution in [3.8, 4) is 5.75 Å². The average Bonchev–Trinajstić information content (AvgIpc) is 3.25. The first-order valence-corrected chi connectivity index (χ1v) is 7.72. The van der Waals surface area contributed by atoms with Crippen molar-refractivity contribution in [2.75, 3.05) is 18.6 Å². The predicted octanol–water partition coefficient (Wildman–Crippen LogP) is 3.33. The number of hydrogen-bond donors (Lipinski definition) is 0. The van der Waals surface area contributed by atoms with Crippen molar-refractivity contribution in [2.24, 2.45) is 0 Å². The molecular weight excluding hydrogens is 306 g/mol. The Hall–Kier alpha value is -3.02. The Labute approximate surface area is 140 Å². The number of ether oxygens (including phenoxy) is 1. The third-order valence-electron chi connectivity index (χ3n) is 3.70. The highest BCUT2D eigenvalue weighted by Gasteiger charge is 2.23. The second kappa shape index (κ2) is 6.62. The Morgan fingerprint density at radius 1 is 1.46 bits per heavy atom. The van der Waals surface area contributed by atoms with E-state index in [2.05, 4.69) is 11.6 Å². The summed E-state index contributed by atoms with van der Waals surface area (Å²) in [5, 5.41) is 0. The minimum absolute atomic E-state index is 0.228. The van der Waals surface area contributed by atoms with E-state index in [4.69, 9.17) is 9.15 Å². The number of amides is 1. The molecule has 6 nitrogen and oxygen atoms in total. The van der Waals surface area contributed by atoms with E-state index in [1.54, 1.807) is 30.2 Å². The van der Waals surface area contributed by atoms with Gasteiger partial charge in [0, 0.05) is 13.2 Å². The van der Waals surface area contributed by atoms with E-state index in [0.717, 1.165) is 5.69 Å². The van der Waals surface area contributed by atoms with Crippen LogP contribution in [0.3, 0.4) is 0 Å². The molecule has 0 atom stereocenters. The summed E-state index contributed by atoms with van der Waals surface area (Å²) < 4.78 is 12.7. The zero-order chi connectivity index (χ0) is 17.1. The molecule has 0 aliphatic heterocycles. The van der Waals surface area contributed by atoms with Crippen LogP contribution in [0.25, 0.3) is 5.65 Å². The molecule has 0 fully saturated rings. The zero-order valence-corrected chi connectivity index (χ0v) is 13.7. The molecular formula is C18H19N3O3. The van der Waals surface area contributed by atoms with Crippen molar-refractivity contribution in [1.29, 1.82) is 0 Å². The molecule has 1 amide bonds. The van der Waals surface area contributed by atoms with Gasteiger partial charge in [0.1, 0.15) is 12.4 Å². The van der Waals surface area contributed by atoms with Crippen molar-refractivity contribution in [3.63, 3.8) is 0 Å². The maximum atomic E-state index is 12.6. The van der Waals surface area contributed by atoms with Gasteiger partial charge in [0.2, 0.25) is 0 Å². The number of fused-ring (bicyclic) bond motifs is 1. The maximum Gasteiger partial charge on any atom is 0.294 e. The summed E-state index contributed by atoms with van der Waals surface area (Å²) in [5.41, 5.74) is 1.48.